The van der Waals surface area contributed by atoms with Gasteiger partial charge >= 0.3 is 6.18 Å². The molecular weight excluding hydrogens is 363 g/mol. The van der Waals surface area contributed by atoms with Gasteiger partial charge in [-0.05, 0) is 37.0 Å². The van der Waals surface area contributed by atoms with Gasteiger partial charge in [0.1, 0.15) is 0 Å². The summed E-state index contributed by atoms with van der Waals surface area (Å²) in [6.07, 6.45) is -3.77. The van der Waals surface area contributed by atoms with Crippen LogP contribution in [0.2, 0.25) is 0 Å². The second-order valence-corrected chi connectivity index (χ2v) is 7.63. The summed E-state index contributed by atoms with van der Waals surface area (Å²) in [7, 11) is 0. The molecule has 4 rings (SSSR count). The van der Waals surface area contributed by atoms with E-state index in [2.05, 4.69) is 0 Å². The summed E-state index contributed by atoms with van der Waals surface area (Å²) in [6, 6.07) is 5.38. The third-order valence-electron chi connectivity index (χ3n) is 6.13. The molecule has 2 heterocycles. The van der Waals surface area contributed by atoms with Crippen molar-refractivity contribution in [1.29, 1.82) is 0 Å². The number of ether oxygens (including phenoxy) is 2. The van der Waals surface area contributed by atoms with E-state index in [1.165, 1.54) is 24.3 Å². The van der Waals surface area contributed by atoms with Crippen molar-refractivity contribution in [3.8, 4) is 0 Å². The number of rotatable bonds is 2. The van der Waals surface area contributed by atoms with Crippen LogP contribution < -0.4 is 4.90 Å². The monoisotopic (exact) mass is 385 g/mol. The van der Waals surface area contributed by atoms with Gasteiger partial charge in [0.25, 0.3) is 0 Å². The Morgan fingerprint density at radius 2 is 1.59 bits per heavy atom. The number of nitrogens with zero attached hydrogens (tertiary/aromatic N) is 1. The predicted molar refractivity (Wildman–Crippen MR) is 90.0 cm³/mol. The van der Waals surface area contributed by atoms with Gasteiger partial charge in [-0.1, -0.05) is 12.1 Å². The number of alkyl halides is 3. The number of carbonyl (C=O) groups excluding carboxylic acids is 1. The SMILES string of the molecule is O=C1N(c2ccc([C@@H](O)C(F)(F)F)cc2)CCC12CCC1(CC2)OCCO1. The summed E-state index contributed by atoms with van der Waals surface area (Å²) in [5.74, 6) is -0.520. The molecule has 1 aromatic rings. The average molecular weight is 385 g/mol. The highest BCUT2D eigenvalue weighted by molar-refractivity contribution is 6.00. The summed E-state index contributed by atoms with van der Waals surface area (Å²) < 4.78 is 49.3. The second kappa shape index (κ2) is 6.46. The summed E-state index contributed by atoms with van der Waals surface area (Å²) in [5.41, 5.74) is -0.114. The number of anilines is 1. The maximum Gasteiger partial charge on any atom is 0.418 e. The fourth-order valence-corrected chi connectivity index (χ4v) is 4.45. The minimum absolute atomic E-state index is 0.0134. The lowest BCUT2D eigenvalue weighted by molar-refractivity contribution is -0.206. The average Bonchev–Trinajstić information content (AvgIpc) is 3.23. The molecule has 1 amide bonds. The molecule has 0 aromatic heterocycles. The smallest absolute Gasteiger partial charge is 0.379 e. The maximum atomic E-state index is 13.1. The van der Waals surface area contributed by atoms with Crippen LogP contribution in [0.5, 0.6) is 0 Å². The number of amides is 1. The fourth-order valence-electron chi connectivity index (χ4n) is 4.45. The fraction of sp³-hybridized carbons (Fsp3) is 0.632. The first-order valence-corrected chi connectivity index (χ1v) is 9.19. The Morgan fingerprint density at radius 3 is 2.15 bits per heavy atom. The van der Waals surface area contributed by atoms with Gasteiger partial charge in [-0.25, -0.2) is 0 Å². The Kier molecular flexibility index (Phi) is 4.48. The van der Waals surface area contributed by atoms with Gasteiger partial charge in [0.2, 0.25) is 5.91 Å². The lowest BCUT2D eigenvalue weighted by Crippen LogP contribution is -2.44. The Labute approximate surface area is 155 Å². The van der Waals surface area contributed by atoms with Crippen molar-refractivity contribution in [3.05, 3.63) is 29.8 Å². The molecule has 2 aliphatic heterocycles. The van der Waals surface area contributed by atoms with Gasteiger partial charge < -0.3 is 19.5 Å². The van der Waals surface area contributed by atoms with Gasteiger partial charge in [0.05, 0.1) is 18.6 Å². The molecule has 8 heteroatoms. The molecule has 0 unspecified atom stereocenters. The number of hydrogen-bond donors (Lipinski definition) is 1. The molecule has 0 bridgehead atoms. The number of aliphatic hydroxyl groups excluding tert-OH is 1. The van der Waals surface area contributed by atoms with E-state index in [-0.39, 0.29) is 11.5 Å². The Bertz CT molecular complexity index is 703. The Balaban J connectivity index is 1.46. The van der Waals surface area contributed by atoms with Crippen molar-refractivity contribution in [2.24, 2.45) is 5.41 Å². The molecule has 2 spiro atoms. The minimum atomic E-state index is -4.71. The van der Waals surface area contributed by atoms with E-state index in [1.54, 1.807) is 4.90 Å². The molecule has 2 saturated heterocycles. The van der Waals surface area contributed by atoms with Crippen molar-refractivity contribution in [2.45, 2.75) is 50.2 Å². The van der Waals surface area contributed by atoms with Crippen molar-refractivity contribution in [1.82, 2.24) is 0 Å². The lowest BCUT2D eigenvalue weighted by Gasteiger charge is -2.40. The number of benzene rings is 1. The van der Waals surface area contributed by atoms with E-state index < -0.39 is 23.5 Å². The first kappa shape index (κ1) is 18.7. The molecule has 148 valence electrons. The molecule has 0 radical (unpaired) electrons. The van der Waals surface area contributed by atoms with Gasteiger partial charge in [-0.3, -0.25) is 4.79 Å². The van der Waals surface area contributed by atoms with Crippen LogP contribution in [-0.2, 0) is 14.3 Å². The van der Waals surface area contributed by atoms with E-state index in [0.717, 1.165) is 6.42 Å². The van der Waals surface area contributed by atoms with Crippen molar-refractivity contribution in [2.75, 3.05) is 24.7 Å². The third kappa shape index (κ3) is 3.23. The normalized spacial score (nSPS) is 25.5. The summed E-state index contributed by atoms with van der Waals surface area (Å²) in [6.45, 7) is 1.71. The quantitative estimate of drug-likeness (QED) is 0.849. The van der Waals surface area contributed by atoms with Gasteiger partial charge in [-0.15, -0.1) is 0 Å². The summed E-state index contributed by atoms with van der Waals surface area (Å²) >= 11 is 0. The number of aliphatic hydroxyl groups is 1. The van der Waals surface area contributed by atoms with Crippen LogP contribution in [0.15, 0.2) is 24.3 Å². The van der Waals surface area contributed by atoms with E-state index in [4.69, 9.17) is 9.47 Å². The van der Waals surface area contributed by atoms with E-state index in [1.807, 2.05) is 0 Å². The van der Waals surface area contributed by atoms with Crippen molar-refractivity contribution < 1.29 is 32.5 Å². The highest BCUT2D eigenvalue weighted by atomic mass is 19.4. The van der Waals surface area contributed by atoms with Gasteiger partial charge in [0, 0.05) is 25.1 Å². The molecule has 1 saturated carbocycles. The van der Waals surface area contributed by atoms with Crippen LogP contribution in [0.1, 0.15) is 43.8 Å². The lowest BCUT2D eigenvalue weighted by atomic mass is 9.71. The molecule has 27 heavy (non-hydrogen) atoms. The first-order valence-electron chi connectivity index (χ1n) is 9.19. The summed E-state index contributed by atoms with van der Waals surface area (Å²) in [4.78, 5) is 14.7. The summed E-state index contributed by atoms with van der Waals surface area (Å²) in [5, 5.41) is 9.34. The van der Waals surface area contributed by atoms with Crippen molar-refractivity contribution >= 4 is 11.6 Å². The molecule has 3 fully saturated rings. The topological polar surface area (TPSA) is 59.0 Å². The molecule has 1 aromatic carbocycles. The minimum Gasteiger partial charge on any atom is -0.379 e. The number of hydrogen-bond acceptors (Lipinski definition) is 4. The van der Waals surface area contributed by atoms with E-state index in [9.17, 15) is 23.1 Å². The van der Waals surface area contributed by atoms with Gasteiger partial charge in [-0.2, -0.15) is 13.2 Å². The zero-order valence-corrected chi connectivity index (χ0v) is 14.8. The zero-order valence-electron chi connectivity index (χ0n) is 14.8. The predicted octanol–water partition coefficient (Wildman–Crippen LogP) is 3.32. The first-order chi connectivity index (χ1) is 12.7. The largest absolute Gasteiger partial charge is 0.418 e. The van der Waals surface area contributed by atoms with Crippen LogP contribution >= 0.6 is 0 Å². The molecule has 3 aliphatic rings. The number of carbonyl (C=O) groups is 1. The molecule has 5 nitrogen and oxygen atoms in total. The number of halogens is 3. The maximum absolute atomic E-state index is 13.1. The standard InChI is InChI=1S/C19H22F3NO4/c20-19(21,22)15(24)13-1-3-14(4-2-13)23-10-9-17(16(23)25)5-7-18(8-6-17)26-11-12-27-18/h1-4,15,24H,5-12H2/t15-/m1/s1. The molecule has 1 aliphatic carbocycles. The third-order valence-corrected chi connectivity index (χ3v) is 6.13. The zero-order chi connectivity index (χ0) is 19.3. The molecule has 1 atom stereocenters. The highest BCUT2D eigenvalue weighted by Gasteiger charge is 2.53. The van der Waals surface area contributed by atoms with Crippen LogP contribution in [0.25, 0.3) is 0 Å². The Morgan fingerprint density at radius 1 is 1.00 bits per heavy atom. The van der Waals surface area contributed by atoms with Crippen LogP contribution in [0.4, 0.5) is 18.9 Å². The van der Waals surface area contributed by atoms with Crippen molar-refractivity contribution in [3.63, 3.8) is 0 Å². The Hall–Kier alpha value is -1.64. The van der Waals surface area contributed by atoms with Crippen LogP contribution in [0, 0.1) is 5.41 Å². The molecular formula is C19H22F3NO4. The second-order valence-electron chi connectivity index (χ2n) is 7.63. The molecule has 1 N–H and O–H groups in total. The van der Waals surface area contributed by atoms with Gasteiger partial charge in [0.15, 0.2) is 11.9 Å². The van der Waals surface area contributed by atoms with E-state index in [0.29, 0.717) is 51.1 Å². The van der Waals surface area contributed by atoms with Crippen LogP contribution in [0.3, 0.4) is 0 Å². The van der Waals surface area contributed by atoms with Crippen LogP contribution in [-0.4, -0.2) is 42.7 Å². The highest BCUT2D eigenvalue weighted by Crippen LogP contribution is 2.50. The van der Waals surface area contributed by atoms with E-state index >= 15 is 0 Å².